The van der Waals surface area contributed by atoms with Gasteiger partial charge < -0.3 is 4.90 Å². The van der Waals surface area contributed by atoms with Crippen LogP contribution in [-0.2, 0) is 0 Å². The van der Waals surface area contributed by atoms with Gasteiger partial charge in [0.1, 0.15) is 17.4 Å². The quantitative estimate of drug-likeness (QED) is 0.352. The number of benzene rings is 3. The summed E-state index contributed by atoms with van der Waals surface area (Å²) in [6.07, 6.45) is 0. The molecule has 0 amide bonds. The second-order valence-electron chi connectivity index (χ2n) is 8.22. The predicted molar refractivity (Wildman–Crippen MR) is 134 cm³/mol. The molecule has 160 valence electrons. The molecular weight excluding hydrogens is 406 g/mol. The van der Waals surface area contributed by atoms with E-state index < -0.39 is 0 Å². The van der Waals surface area contributed by atoms with Gasteiger partial charge in [-0.25, -0.2) is 9.67 Å². The van der Waals surface area contributed by atoms with Crippen LogP contribution in [0.25, 0.3) is 39.1 Å². The lowest BCUT2D eigenvalue weighted by atomic mass is 9.99. The average Bonchev–Trinajstić information content (AvgIpc) is 3.25. The Morgan fingerprint density at radius 2 is 1.36 bits per heavy atom. The van der Waals surface area contributed by atoms with Crippen LogP contribution < -0.4 is 4.90 Å². The number of hydrogen-bond donors (Lipinski definition) is 0. The van der Waals surface area contributed by atoms with Crippen LogP contribution in [0, 0.1) is 18.3 Å². The summed E-state index contributed by atoms with van der Waals surface area (Å²) in [4.78, 5) is 7.03. The molecular formula is C28H23N5. The summed E-state index contributed by atoms with van der Waals surface area (Å²) >= 11 is 0. The first-order valence-corrected chi connectivity index (χ1v) is 10.8. The van der Waals surface area contributed by atoms with Crippen molar-refractivity contribution < 1.29 is 0 Å². The Balaban J connectivity index is 1.95. The van der Waals surface area contributed by atoms with E-state index in [-0.39, 0.29) is 0 Å². The van der Waals surface area contributed by atoms with E-state index >= 15 is 0 Å². The van der Waals surface area contributed by atoms with Crippen LogP contribution in [0.1, 0.15) is 11.1 Å². The van der Waals surface area contributed by atoms with Crippen molar-refractivity contribution >= 4 is 16.7 Å². The number of rotatable bonds is 4. The van der Waals surface area contributed by atoms with Gasteiger partial charge in [0, 0.05) is 25.2 Å². The van der Waals surface area contributed by atoms with Crippen LogP contribution in [0.3, 0.4) is 0 Å². The third kappa shape index (κ3) is 3.52. The van der Waals surface area contributed by atoms with E-state index in [2.05, 4.69) is 25.1 Å². The summed E-state index contributed by atoms with van der Waals surface area (Å²) in [6, 6.07) is 30.6. The molecule has 5 aromatic rings. The van der Waals surface area contributed by atoms with Crippen LogP contribution in [0.15, 0.2) is 84.9 Å². The highest BCUT2D eigenvalue weighted by molar-refractivity contribution is 6.05. The molecule has 3 aromatic carbocycles. The number of aromatic nitrogens is 3. The fourth-order valence-corrected chi connectivity index (χ4v) is 4.13. The fourth-order valence-electron chi connectivity index (χ4n) is 4.13. The highest BCUT2D eigenvalue weighted by atomic mass is 15.4. The van der Waals surface area contributed by atoms with E-state index in [4.69, 9.17) is 10.1 Å². The van der Waals surface area contributed by atoms with Gasteiger partial charge in [-0.15, -0.1) is 0 Å². The molecule has 0 radical (unpaired) electrons. The molecule has 0 atom stereocenters. The van der Waals surface area contributed by atoms with Crippen molar-refractivity contribution in [2.75, 3.05) is 19.0 Å². The molecule has 0 fully saturated rings. The van der Waals surface area contributed by atoms with Gasteiger partial charge in [-0.2, -0.15) is 10.4 Å². The number of aryl methyl sites for hydroxylation is 1. The second-order valence-corrected chi connectivity index (χ2v) is 8.22. The number of anilines is 1. The summed E-state index contributed by atoms with van der Waals surface area (Å²) < 4.78 is 1.91. The van der Waals surface area contributed by atoms with E-state index in [0.29, 0.717) is 16.8 Å². The Bertz CT molecular complexity index is 1480. The summed E-state index contributed by atoms with van der Waals surface area (Å²) in [5.41, 5.74) is 6.64. The monoisotopic (exact) mass is 429 g/mol. The molecule has 0 aliphatic rings. The largest absolute Gasteiger partial charge is 0.362 e. The molecule has 2 aromatic heterocycles. The van der Waals surface area contributed by atoms with Gasteiger partial charge in [-0.3, -0.25) is 0 Å². The van der Waals surface area contributed by atoms with Gasteiger partial charge in [0.25, 0.3) is 0 Å². The van der Waals surface area contributed by atoms with Gasteiger partial charge in [0.2, 0.25) is 0 Å². The Labute approximate surface area is 193 Å². The van der Waals surface area contributed by atoms with Crippen molar-refractivity contribution in [3.8, 4) is 34.3 Å². The van der Waals surface area contributed by atoms with Crippen molar-refractivity contribution in [1.82, 2.24) is 14.8 Å². The highest BCUT2D eigenvalue weighted by Gasteiger charge is 2.25. The maximum Gasteiger partial charge on any atom is 0.141 e. The van der Waals surface area contributed by atoms with Gasteiger partial charge in [-0.05, 0) is 19.1 Å². The zero-order valence-corrected chi connectivity index (χ0v) is 18.8. The zero-order chi connectivity index (χ0) is 22.9. The molecule has 0 aliphatic carbocycles. The third-order valence-electron chi connectivity index (χ3n) is 5.70. The first-order chi connectivity index (χ1) is 16.1. The molecule has 0 aliphatic heterocycles. The predicted octanol–water partition coefficient (Wildman–Crippen LogP) is 6.00. The second kappa shape index (κ2) is 8.25. The van der Waals surface area contributed by atoms with Gasteiger partial charge >= 0.3 is 0 Å². The lowest BCUT2D eigenvalue weighted by Gasteiger charge is -2.17. The molecule has 0 unspecified atom stereocenters. The first kappa shape index (κ1) is 20.5. The van der Waals surface area contributed by atoms with E-state index in [1.165, 1.54) is 5.56 Å². The van der Waals surface area contributed by atoms with Crippen LogP contribution >= 0.6 is 0 Å². The van der Waals surface area contributed by atoms with Crippen LogP contribution in [0.5, 0.6) is 0 Å². The Kier molecular flexibility index (Phi) is 5.12. The molecule has 0 bridgehead atoms. The van der Waals surface area contributed by atoms with Crippen LogP contribution in [0.4, 0.5) is 5.82 Å². The van der Waals surface area contributed by atoms with E-state index in [1.54, 1.807) is 0 Å². The molecule has 0 spiro atoms. The van der Waals surface area contributed by atoms with Crippen molar-refractivity contribution in [3.05, 3.63) is 96.1 Å². The molecule has 33 heavy (non-hydrogen) atoms. The minimum Gasteiger partial charge on any atom is -0.362 e. The molecule has 0 saturated heterocycles. The maximum absolute atomic E-state index is 10.3. The summed E-state index contributed by atoms with van der Waals surface area (Å²) in [5.74, 6) is 0.849. The molecule has 0 N–H and O–H groups in total. The number of fused-ring (bicyclic) bond motifs is 1. The first-order valence-electron chi connectivity index (χ1n) is 10.8. The van der Waals surface area contributed by atoms with Gasteiger partial charge in [0.05, 0.1) is 28.0 Å². The minimum atomic E-state index is 0.526. The van der Waals surface area contributed by atoms with Crippen molar-refractivity contribution in [2.45, 2.75) is 6.92 Å². The molecule has 2 heterocycles. The van der Waals surface area contributed by atoms with Gasteiger partial charge in [-0.1, -0.05) is 78.4 Å². The number of pyridine rings is 1. The highest BCUT2D eigenvalue weighted by Crippen LogP contribution is 2.40. The zero-order valence-electron chi connectivity index (χ0n) is 18.8. The van der Waals surface area contributed by atoms with Crippen molar-refractivity contribution in [2.24, 2.45) is 0 Å². The third-order valence-corrected chi connectivity index (χ3v) is 5.70. The summed E-state index contributed by atoms with van der Waals surface area (Å²) in [6.45, 7) is 2.06. The van der Waals surface area contributed by atoms with Gasteiger partial charge in [0.15, 0.2) is 0 Å². The molecule has 0 saturated carbocycles. The molecule has 5 heteroatoms. The maximum atomic E-state index is 10.3. The molecule has 5 rings (SSSR count). The summed E-state index contributed by atoms with van der Waals surface area (Å²) in [5, 5.41) is 16.1. The standard InChI is InChI=1S/C28H23N5/c1-19-14-16-22(17-15-19)33-28(32(2)3)24-23(18-29)25(20-10-6-4-7-11-20)30-26(27(24)31-33)21-12-8-5-9-13-21/h4-17H,1-3H3. The SMILES string of the molecule is Cc1ccc(-n2nc3c(-c4ccccc4)nc(-c4ccccc4)c(C#N)c3c2N(C)C)cc1. The van der Waals surface area contributed by atoms with Crippen LogP contribution in [-0.4, -0.2) is 28.9 Å². The summed E-state index contributed by atoms with van der Waals surface area (Å²) in [7, 11) is 3.96. The fraction of sp³-hybridized carbons (Fsp3) is 0.107. The topological polar surface area (TPSA) is 57.7 Å². The number of hydrogen-bond acceptors (Lipinski definition) is 4. The van der Waals surface area contributed by atoms with E-state index in [0.717, 1.165) is 33.7 Å². The lowest BCUT2D eigenvalue weighted by molar-refractivity contribution is 0.866. The van der Waals surface area contributed by atoms with Crippen molar-refractivity contribution in [1.29, 1.82) is 5.26 Å². The minimum absolute atomic E-state index is 0.526. The van der Waals surface area contributed by atoms with Crippen LogP contribution in [0.2, 0.25) is 0 Å². The Hall–Kier alpha value is -4.43. The normalized spacial score (nSPS) is 10.8. The number of nitriles is 1. The average molecular weight is 430 g/mol. The Morgan fingerprint density at radius 3 is 1.91 bits per heavy atom. The van der Waals surface area contributed by atoms with E-state index in [1.807, 2.05) is 96.5 Å². The smallest absolute Gasteiger partial charge is 0.141 e. The Morgan fingerprint density at radius 1 is 0.788 bits per heavy atom. The van der Waals surface area contributed by atoms with E-state index in [9.17, 15) is 5.26 Å². The number of nitrogens with zero attached hydrogens (tertiary/aromatic N) is 5. The van der Waals surface area contributed by atoms with Crippen molar-refractivity contribution in [3.63, 3.8) is 0 Å². The lowest BCUT2D eigenvalue weighted by Crippen LogP contribution is -2.14. The molecule has 5 nitrogen and oxygen atoms in total.